The Bertz CT molecular complexity index is 1220. The highest BCUT2D eigenvalue weighted by Gasteiger charge is 2.40. The first-order valence-corrected chi connectivity index (χ1v) is 11.3. The summed E-state index contributed by atoms with van der Waals surface area (Å²) in [6.07, 6.45) is 2.62. The Morgan fingerprint density at radius 2 is 1.58 bits per heavy atom. The van der Waals surface area contributed by atoms with E-state index >= 15 is 0 Å². The molecule has 0 spiro atoms. The lowest BCUT2D eigenvalue weighted by molar-refractivity contribution is -0.122. The molecule has 3 aromatic carbocycles. The minimum absolute atomic E-state index is 0.00941. The van der Waals surface area contributed by atoms with Crippen LogP contribution in [0.2, 0.25) is 5.02 Å². The van der Waals surface area contributed by atoms with Crippen molar-refractivity contribution in [3.05, 3.63) is 94.7 Å². The summed E-state index contributed by atoms with van der Waals surface area (Å²) >= 11 is 6.08. The predicted octanol–water partition coefficient (Wildman–Crippen LogP) is 6.19. The normalized spacial score (nSPS) is 21.5. The van der Waals surface area contributed by atoms with Crippen LogP contribution in [-0.2, 0) is 4.79 Å². The summed E-state index contributed by atoms with van der Waals surface area (Å²) in [5, 5.41) is 7.85. The third-order valence-corrected chi connectivity index (χ3v) is 6.65. The average Bonchev–Trinajstić information content (AvgIpc) is 3.01. The number of allylic oxidation sites excluding steroid dienone is 1. The van der Waals surface area contributed by atoms with Crippen LogP contribution in [-0.4, -0.2) is 20.0 Å². The summed E-state index contributed by atoms with van der Waals surface area (Å²) in [6, 6.07) is 21.3. The minimum atomic E-state index is -0.362. The first-order chi connectivity index (χ1) is 16.1. The lowest BCUT2D eigenvalue weighted by atomic mass is 9.76. The van der Waals surface area contributed by atoms with E-state index in [-0.39, 0.29) is 23.7 Å². The van der Waals surface area contributed by atoms with Gasteiger partial charge in [-0.3, -0.25) is 4.79 Å². The number of Topliss-reactive ketones (excluding diaryl/α,β-unsaturated/α-hetero) is 1. The number of carbonyl (C=O) groups is 1. The quantitative estimate of drug-likeness (QED) is 0.486. The molecule has 168 valence electrons. The van der Waals surface area contributed by atoms with Crippen LogP contribution in [0.1, 0.15) is 29.5 Å². The van der Waals surface area contributed by atoms with E-state index in [0.717, 1.165) is 28.2 Å². The molecule has 6 heteroatoms. The van der Waals surface area contributed by atoms with E-state index in [1.54, 1.807) is 14.2 Å². The largest absolute Gasteiger partial charge is 0.493 e. The Balaban J connectivity index is 1.61. The monoisotopic (exact) mass is 460 g/mol. The van der Waals surface area contributed by atoms with Crippen molar-refractivity contribution in [2.45, 2.75) is 18.4 Å². The maximum absolute atomic E-state index is 13.6. The molecule has 0 amide bonds. The van der Waals surface area contributed by atoms with Crippen molar-refractivity contribution in [1.82, 2.24) is 0 Å². The van der Waals surface area contributed by atoms with Crippen LogP contribution in [0.15, 0.2) is 78.5 Å². The molecule has 3 aromatic rings. The maximum Gasteiger partial charge on any atom is 0.161 e. The number of nitrogens with one attached hydrogen (secondary N) is 2. The maximum atomic E-state index is 13.6. The van der Waals surface area contributed by atoms with Crippen molar-refractivity contribution < 1.29 is 14.3 Å². The first kappa shape index (κ1) is 21.4. The number of carbonyl (C=O) groups excluding carboxylic acids is 1. The number of para-hydroxylation sites is 2. The molecule has 0 saturated heterocycles. The molecule has 0 unspecified atom stereocenters. The van der Waals surface area contributed by atoms with Gasteiger partial charge >= 0.3 is 0 Å². The molecule has 0 fully saturated rings. The van der Waals surface area contributed by atoms with Gasteiger partial charge in [-0.15, -0.1) is 0 Å². The molecule has 2 N–H and O–H groups in total. The van der Waals surface area contributed by atoms with E-state index in [0.29, 0.717) is 22.9 Å². The topological polar surface area (TPSA) is 59.6 Å². The Kier molecular flexibility index (Phi) is 5.73. The van der Waals surface area contributed by atoms with Crippen molar-refractivity contribution >= 4 is 28.8 Å². The molecule has 5 rings (SSSR count). The highest BCUT2D eigenvalue weighted by molar-refractivity contribution is 6.30. The number of anilines is 2. The van der Waals surface area contributed by atoms with E-state index in [1.165, 1.54) is 0 Å². The zero-order valence-corrected chi connectivity index (χ0v) is 19.2. The first-order valence-electron chi connectivity index (χ1n) is 10.9. The molecule has 1 aliphatic carbocycles. The van der Waals surface area contributed by atoms with Gasteiger partial charge in [0.25, 0.3) is 0 Å². The summed E-state index contributed by atoms with van der Waals surface area (Å²) in [5.41, 5.74) is 4.84. The lowest BCUT2D eigenvalue weighted by Gasteiger charge is -2.32. The van der Waals surface area contributed by atoms with E-state index in [1.807, 2.05) is 66.7 Å². The zero-order valence-electron chi connectivity index (χ0n) is 18.5. The second kappa shape index (κ2) is 8.83. The Hall–Kier alpha value is -3.44. The smallest absolute Gasteiger partial charge is 0.161 e. The van der Waals surface area contributed by atoms with Crippen molar-refractivity contribution in [2.75, 3.05) is 24.9 Å². The SMILES string of the molecule is COc1ccc([C@@H]2Nc3ccccc3NC3=C[C@@H](c4ccc(Cl)cc4)CC(=O)[C@H]32)cc1OC. The average molecular weight is 461 g/mol. The number of hydrogen-bond donors (Lipinski definition) is 2. The van der Waals surface area contributed by atoms with Gasteiger partial charge in [-0.2, -0.15) is 0 Å². The number of benzene rings is 3. The van der Waals surface area contributed by atoms with Gasteiger partial charge in [0.15, 0.2) is 11.5 Å². The molecular formula is C27H25ClN2O3. The summed E-state index contributed by atoms with van der Waals surface area (Å²) in [5.74, 6) is 1.10. The summed E-state index contributed by atoms with van der Waals surface area (Å²) in [7, 11) is 3.23. The van der Waals surface area contributed by atoms with E-state index in [4.69, 9.17) is 21.1 Å². The number of hydrogen-bond acceptors (Lipinski definition) is 5. The van der Waals surface area contributed by atoms with Gasteiger partial charge in [-0.25, -0.2) is 0 Å². The Morgan fingerprint density at radius 3 is 2.30 bits per heavy atom. The Labute approximate surface area is 198 Å². The third kappa shape index (κ3) is 4.05. The van der Waals surface area contributed by atoms with Crippen LogP contribution in [0.3, 0.4) is 0 Å². The van der Waals surface area contributed by atoms with Gasteiger partial charge in [0.2, 0.25) is 0 Å². The Morgan fingerprint density at radius 1 is 0.879 bits per heavy atom. The number of ketones is 1. The standard InChI is InChI=1S/C27H25ClN2O3/c1-32-24-12-9-17(15-25(24)33-2)27-26-22(29-20-5-3-4-6-21(20)30-27)13-18(14-23(26)31)16-7-10-19(28)11-8-16/h3-13,15,18,26-27,29-30H,14H2,1-2H3/t18-,26+,27+/m1/s1. The highest BCUT2D eigenvalue weighted by Crippen LogP contribution is 2.45. The molecule has 5 nitrogen and oxygen atoms in total. The summed E-state index contributed by atoms with van der Waals surface area (Å²) in [4.78, 5) is 13.6. The van der Waals surface area contributed by atoms with Crippen LogP contribution in [0, 0.1) is 5.92 Å². The van der Waals surface area contributed by atoms with Crippen molar-refractivity contribution in [1.29, 1.82) is 0 Å². The molecule has 0 aromatic heterocycles. The van der Waals surface area contributed by atoms with Gasteiger partial charge in [-0.05, 0) is 47.5 Å². The predicted molar refractivity (Wildman–Crippen MR) is 131 cm³/mol. The van der Waals surface area contributed by atoms with Gasteiger partial charge in [0.05, 0.1) is 37.6 Å². The zero-order chi connectivity index (χ0) is 22.9. The number of methoxy groups -OCH3 is 2. The van der Waals surface area contributed by atoms with Crippen LogP contribution < -0.4 is 20.1 Å². The van der Waals surface area contributed by atoms with E-state index in [9.17, 15) is 4.79 Å². The lowest BCUT2D eigenvalue weighted by Crippen LogP contribution is -2.33. The molecule has 1 aliphatic heterocycles. The van der Waals surface area contributed by atoms with Gasteiger partial charge in [0.1, 0.15) is 5.78 Å². The fourth-order valence-corrected chi connectivity index (χ4v) is 4.88. The summed E-state index contributed by atoms with van der Waals surface area (Å²) in [6.45, 7) is 0. The minimum Gasteiger partial charge on any atom is -0.493 e. The van der Waals surface area contributed by atoms with Gasteiger partial charge in [0, 0.05) is 23.1 Å². The summed E-state index contributed by atoms with van der Waals surface area (Å²) < 4.78 is 11.0. The van der Waals surface area contributed by atoms with Crippen LogP contribution in [0.5, 0.6) is 11.5 Å². The molecule has 3 atom stereocenters. The molecule has 0 saturated carbocycles. The van der Waals surface area contributed by atoms with Crippen LogP contribution in [0.4, 0.5) is 11.4 Å². The molecule has 1 heterocycles. The van der Waals surface area contributed by atoms with Crippen molar-refractivity contribution in [3.63, 3.8) is 0 Å². The number of halogens is 1. The second-order valence-electron chi connectivity index (χ2n) is 8.34. The van der Waals surface area contributed by atoms with Gasteiger partial charge < -0.3 is 20.1 Å². The van der Waals surface area contributed by atoms with Crippen LogP contribution in [0.25, 0.3) is 0 Å². The number of fused-ring (bicyclic) bond motifs is 2. The highest BCUT2D eigenvalue weighted by atomic mass is 35.5. The molecular weight excluding hydrogens is 436 g/mol. The molecule has 33 heavy (non-hydrogen) atoms. The van der Waals surface area contributed by atoms with Crippen LogP contribution >= 0.6 is 11.6 Å². The van der Waals surface area contributed by atoms with E-state index < -0.39 is 0 Å². The molecule has 0 radical (unpaired) electrons. The molecule has 2 aliphatic rings. The van der Waals surface area contributed by atoms with Crippen molar-refractivity contribution in [2.24, 2.45) is 5.92 Å². The fraction of sp³-hybridized carbons (Fsp3) is 0.222. The van der Waals surface area contributed by atoms with Crippen molar-refractivity contribution in [3.8, 4) is 11.5 Å². The molecule has 0 bridgehead atoms. The number of rotatable bonds is 4. The van der Waals surface area contributed by atoms with E-state index in [2.05, 4.69) is 16.7 Å². The number of ether oxygens (including phenoxy) is 2. The third-order valence-electron chi connectivity index (χ3n) is 6.40. The fourth-order valence-electron chi connectivity index (χ4n) is 4.75. The second-order valence-corrected chi connectivity index (χ2v) is 8.77. The van der Waals surface area contributed by atoms with Gasteiger partial charge in [-0.1, -0.05) is 48.0 Å².